The minimum absolute atomic E-state index is 0.152. The molecule has 2 aliphatic rings. The van der Waals surface area contributed by atoms with Gasteiger partial charge in [-0.15, -0.1) is 0 Å². The fourth-order valence-corrected chi connectivity index (χ4v) is 3.06. The highest BCUT2D eigenvalue weighted by molar-refractivity contribution is 5.08. The molecule has 0 bridgehead atoms. The first-order valence-electron chi connectivity index (χ1n) is 6.49. The fraction of sp³-hybridized carbons (Fsp3) is 0.769. The van der Waals surface area contributed by atoms with Crippen molar-refractivity contribution in [2.75, 3.05) is 26.7 Å². The maximum atomic E-state index is 5.69. The third-order valence-corrected chi connectivity index (χ3v) is 4.36. The van der Waals surface area contributed by atoms with Crippen molar-refractivity contribution in [3.8, 4) is 0 Å². The first-order valence-corrected chi connectivity index (χ1v) is 6.49. The molecule has 1 unspecified atom stereocenters. The van der Waals surface area contributed by atoms with Crippen LogP contribution in [0.1, 0.15) is 37.3 Å². The molecule has 1 aliphatic carbocycles. The molecule has 0 aromatic carbocycles. The SMILES string of the molecule is COC1(CN2CCC(c3ccon3)C2)CCC1. The van der Waals surface area contributed by atoms with Gasteiger partial charge in [0.2, 0.25) is 0 Å². The maximum absolute atomic E-state index is 5.69. The average Bonchev–Trinajstić information content (AvgIpc) is 2.94. The van der Waals surface area contributed by atoms with Crippen molar-refractivity contribution in [3.05, 3.63) is 18.0 Å². The van der Waals surface area contributed by atoms with Gasteiger partial charge in [0.05, 0.1) is 11.3 Å². The monoisotopic (exact) mass is 236 g/mol. The molecule has 2 fully saturated rings. The van der Waals surface area contributed by atoms with Gasteiger partial charge in [-0.25, -0.2) is 0 Å². The number of rotatable bonds is 4. The number of aromatic nitrogens is 1. The first kappa shape index (κ1) is 11.2. The Labute approximate surface area is 102 Å². The van der Waals surface area contributed by atoms with Gasteiger partial charge in [0.1, 0.15) is 6.26 Å². The Morgan fingerprint density at radius 1 is 1.59 bits per heavy atom. The predicted molar refractivity (Wildman–Crippen MR) is 63.9 cm³/mol. The molecular formula is C13H20N2O2. The van der Waals surface area contributed by atoms with Crippen LogP contribution in [0, 0.1) is 0 Å². The van der Waals surface area contributed by atoms with Gasteiger partial charge in [0.15, 0.2) is 0 Å². The van der Waals surface area contributed by atoms with E-state index in [2.05, 4.69) is 10.1 Å². The van der Waals surface area contributed by atoms with Crippen molar-refractivity contribution in [2.24, 2.45) is 0 Å². The van der Waals surface area contributed by atoms with E-state index in [1.165, 1.54) is 25.7 Å². The number of methoxy groups -OCH3 is 1. The summed E-state index contributed by atoms with van der Waals surface area (Å²) in [7, 11) is 1.85. The lowest BCUT2D eigenvalue weighted by molar-refractivity contribution is -0.0885. The van der Waals surface area contributed by atoms with E-state index in [4.69, 9.17) is 9.26 Å². The predicted octanol–water partition coefficient (Wildman–Crippen LogP) is 2.03. The molecule has 17 heavy (non-hydrogen) atoms. The lowest BCUT2D eigenvalue weighted by Crippen LogP contribution is -2.48. The second-order valence-corrected chi connectivity index (χ2v) is 5.39. The molecule has 1 saturated heterocycles. The van der Waals surface area contributed by atoms with Crippen molar-refractivity contribution >= 4 is 0 Å². The summed E-state index contributed by atoms with van der Waals surface area (Å²) in [6.07, 6.45) is 6.60. The highest BCUT2D eigenvalue weighted by Crippen LogP contribution is 2.37. The van der Waals surface area contributed by atoms with Crippen LogP contribution in [0.3, 0.4) is 0 Å². The van der Waals surface area contributed by atoms with Gasteiger partial charge < -0.3 is 9.26 Å². The molecule has 0 N–H and O–H groups in total. The third-order valence-electron chi connectivity index (χ3n) is 4.36. The summed E-state index contributed by atoms with van der Waals surface area (Å²) in [5, 5.41) is 4.05. The number of ether oxygens (including phenoxy) is 1. The molecule has 3 rings (SSSR count). The van der Waals surface area contributed by atoms with Crippen molar-refractivity contribution < 1.29 is 9.26 Å². The highest BCUT2D eigenvalue weighted by Gasteiger charge is 2.40. The van der Waals surface area contributed by atoms with Crippen LogP contribution < -0.4 is 0 Å². The molecule has 1 aromatic heterocycles. The molecule has 0 amide bonds. The standard InChI is InChI=1S/C13H20N2O2/c1-16-13(5-2-6-13)10-15-7-3-11(9-15)12-4-8-17-14-12/h4,8,11H,2-3,5-7,9-10H2,1H3. The van der Waals surface area contributed by atoms with Crippen LogP contribution in [0.2, 0.25) is 0 Å². The molecule has 2 heterocycles. The molecule has 0 radical (unpaired) electrons. The lowest BCUT2D eigenvalue weighted by Gasteiger charge is -2.43. The van der Waals surface area contributed by atoms with E-state index in [0.29, 0.717) is 5.92 Å². The minimum Gasteiger partial charge on any atom is -0.377 e. The third kappa shape index (κ3) is 2.11. The molecular weight excluding hydrogens is 216 g/mol. The zero-order valence-electron chi connectivity index (χ0n) is 10.4. The molecule has 1 aromatic rings. The molecule has 0 spiro atoms. The normalized spacial score (nSPS) is 28.2. The zero-order chi connectivity index (χ0) is 11.7. The fourth-order valence-electron chi connectivity index (χ4n) is 3.06. The van der Waals surface area contributed by atoms with Gasteiger partial charge in [0.25, 0.3) is 0 Å². The Bertz CT molecular complexity index is 354. The van der Waals surface area contributed by atoms with Gasteiger partial charge >= 0.3 is 0 Å². The van der Waals surface area contributed by atoms with E-state index in [0.717, 1.165) is 25.3 Å². The van der Waals surface area contributed by atoms with Crippen molar-refractivity contribution in [1.29, 1.82) is 0 Å². The van der Waals surface area contributed by atoms with E-state index in [-0.39, 0.29) is 5.60 Å². The second-order valence-electron chi connectivity index (χ2n) is 5.39. The Morgan fingerprint density at radius 3 is 3.06 bits per heavy atom. The van der Waals surface area contributed by atoms with Crippen LogP contribution >= 0.6 is 0 Å². The van der Waals surface area contributed by atoms with Crippen molar-refractivity contribution in [2.45, 2.75) is 37.2 Å². The number of nitrogens with zero attached hydrogens (tertiary/aromatic N) is 2. The van der Waals surface area contributed by atoms with Crippen LogP contribution in [-0.2, 0) is 4.74 Å². The topological polar surface area (TPSA) is 38.5 Å². The first-order chi connectivity index (χ1) is 8.31. The van der Waals surface area contributed by atoms with E-state index in [1.807, 2.05) is 13.2 Å². The zero-order valence-corrected chi connectivity index (χ0v) is 10.4. The Balaban J connectivity index is 1.57. The summed E-state index contributed by atoms with van der Waals surface area (Å²) in [6.45, 7) is 3.33. The van der Waals surface area contributed by atoms with Crippen molar-refractivity contribution in [1.82, 2.24) is 10.1 Å². The highest BCUT2D eigenvalue weighted by atomic mass is 16.5. The van der Waals surface area contributed by atoms with Crippen molar-refractivity contribution in [3.63, 3.8) is 0 Å². The minimum atomic E-state index is 0.152. The van der Waals surface area contributed by atoms with Crippen LogP contribution in [0.4, 0.5) is 0 Å². The quantitative estimate of drug-likeness (QED) is 0.802. The molecule has 4 nitrogen and oxygen atoms in total. The largest absolute Gasteiger partial charge is 0.377 e. The number of hydrogen-bond donors (Lipinski definition) is 0. The Kier molecular flexibility index (Phi) is 2.92. The van der Waals surface area contributed by atoms with Crippen LogP contribution in [0.15, 0.2) is 16.9 Å². The molecule has 1 atom stereocenters. The summed E-state index contributed by atoms with van der Waals surface area (Å²) in [4.78, 5) is 2.52. The Morgan fingerprint density at radius 2 is 2.47 bits per heavy atom. The van der Waals surface area contributed by atoms with Crippen LogP contribution in [0.25, 0.3) is 0 Å². The summed E-state index contributed by atoms with van der Waals surface area (Å²) >= 11 is 0. The van der Waals surface area contributed by atoms with Crippen LogP contribution in [-0.4, -0.2) is 42.4 Å². The summed E-state index contributed by atoms with van der Waals surface area (Å²) in [5.74, 6) is 0.544. The van der Waals surface area contributed by atoms with E-state index >= 15 is 0 Å². The summed E-state index contributed by atoms with van der Waals surface area (Å²) < 4.78 is 10.6. The number of likely N-dealkylation sites (tertiary alicyclic amines) is 1. The van der Waals surface area contributed by atoms with Gasteiger partial charge in [-0.2, -0.15) is 0 Å². The Hall–Kier alpha value is -0.870. The van der Waals surface area contributed by atoms with Gasteiger partial charge in [-0.1, -0.05) is 5.16 Å². The summed E-state index contributed by atoms with van der Waals surface area (Å²) in [6, 6.07) is 1.99. The molecule has 4 heteroatoms. The number of hydrogen-bond acceptors (Lipinski definition) is 4. The molecule has 1 aliphatic heterocycles. The second kappa shape index (κ2) is 4.42. The van der Waals surface area contributed by atoms with Gasteiger partial charge in [0, 0.05) is 32.2 Å². The molecule has 1 saturated carbocycles. The van der Waals surface area contributed by atoms with E-state index in [9.17, 15) is 0 Å². The van der Waals surface area contributed by atoms with Crippen LogP contribution in [0.5, 0.6) is 0 Å². The van der Waals surface area contributed by atoms with Gasteiger partial charge in [-0.3, -0.25) is 4.90 Å². The average molecular weight is 236 g/mol. The van der Waals surface area contributed by atoms with E-state index in [1.54, 1.807) is 6.26 Å². The molecule has 94 valence electrons. The maximum Gasteiger partial charge on any atom is 0.124 e. The van der Waals surface area contributed by atoms with E-state index < -0.39 is 0 Å². The smallest absolute Gasteiger partial charge is 0.124 e. The lowest BCUT2D eigenvalue weighted by atomic mass is 9.79. The summed E-state index contributed by atoms with van der Waals surface area (Å²) in [5.41, 5.74) is 1.26. The van der Waals surface area contributed by atoms with Gasteiger partial charge in [-0.05, 0) is 32.2 Å².